The molecule has 7 heteroatoms. The number of hydrogen-bond acceptors (Lipinski definition) is 6. The Labute approximate surface area is 229 Å². The van der Waals surface area contributed by atoms with Crippen LogP contribution in [0.2, 0.25) is 0 Å². The van der Waals surface area contributed by atoms with Crippen LogP contribution in [0.15, 0.2) is 36.4 Å². The predicted octanol–water partition coefficient (Wildman–Crippen LogP) is 3.94. The van der Waals surface area contributed by atoms with E-state index in [-0.39, 0.29) is 23.9 Å². The number of rotatable bonds is 7. The minimum atomic E-state index is -1.01. The molecule has 39 heavy (non-hydrogen) atoms. The molecule has 1 spiro atoms. The van der Waals surface area contributed by atoms with Crippen molar-refractivity contribution in [1.29, 1.82) is 0 Å². The summed E-state index contributed by atoms with van der Waals surface area (Å²) in [4.78, 5) is 17.9. The van der Waals surface area contributed by atoms with E-state index in [9.17, 15) is 15.0 Å². The van der Waals surface area contributed by atoms with E-state index in [2.05, 4.69) is 24.8 Å². The lowest BCUT2D eigenvalue weighted by molar-refractivity contribution is -0.323. The summed E-state index contributed by atoms with van der Waals surface area (Å²) < 4.78 is 13.2. The summed E-state index contributed by atoms with van der Waals surface area (Å²) in [5.41, 5.74) is 1.81. The molecule has 2 unspecified atom stereocenters. The van der Waals surface area contributed by atoms with E-state index in [1.807, 2.05) is 24.3 Å². The zero-order chi connectivity index (χ0) is 26.7. The predicted molar refractivity (Wildman–Crippen MR) is 145 cm³/mol. The summed E-state index contributed by atoms with van der Waals surface area (Å²) in [6.45, 7) is 6.87. The van der Waals surface area contributed by atoms with Gasteiger partial charge in [0.25, 0.3) is 5.91 Å². The first-order chi connectivity index (χ1) is 18.9. The van der Waals surface area contributed by atoms with Crippen molar-refractivity contribution in [3.63, 3.8) is 0 Å². The summed E-state index contributed by atoms with van der Waals surface area (Å²) in [5, 5.41) is 24.1. The Bertz CT molecular complexity index is 1360. The molecule has 1 amide bonds. The molecule has 206 valence electrons. The number of aryl methyl sites for hydroxylation is 1. The molecule has 2 N–H and O–H groups in total. The van der Waals surface area contributed by atoms with Gasteiger partial charge in [-0.2, -0.15) is 0 Å². The van der Waals surface area contributed by atoms with Gasteiger partial charge in [-0.25, -0.2) is 0 Å². The number of amides is 1. The Hall–Kier alpha value is -2.61. The largest absolute Gasteiger partial charge is 0.490 e. The van der Waals surface area contributed by atoms with Crippen molar-refractivity contribution < 1.29 is 24.5 Å². The van der Waals surface area contributed by atoms with Crippen molar-refractivity contribution in [3.05, 3.63) is 58.7 Å². The van der Waals surface area contributed by atoms with Crippen molar-refractivity contribution >= 4 is 5.91 Å². The van der Waals surface area contributed by atoms with Gasteiger partial charge in [0.2, 0.25) is 0 Å². The van der Waals surface area contributed by atoms with Gasteiger partial charge in [0.05, 0.1) is 23.7 Å². The minimum absolute atomic E-state index is 0.122. The van der Waals surface area contributed by atoms with Crippen LogP contribution in [0.3, 0.4) is 0 Å². The van der Waals surface area contributed by atoms with Gasteiger partial charge in [0, 0.05) is 41.7 Å². The van der Waals surface area contributed by atoms with Crippen LogP contribution in [0.4, 0.5) is 0 Å². The van der Waals surface area contributed by atoms with Crippen LogP contribution in [0, 0.1) is 18.8 Å². The number of hydrogen-bond donors (Lipinski definition) is 2. The maximum absolute atomic E-state index is 13.7. The quantitative estimate of drug-likeness (QED) is 0.528. The minimum Gasteiger partial charge on any atom is -0.490 e. The summed E-state index contributed by atoms with van der Waals surface area (Å²) in [7, 11) is 0. The number of fused-ring (bicyclic) bond motifs is 4. The van der Waals surface area contributed by atoms with Crippen molar-refractivity contribution in [2.75, 3.05) is 19.7 Å². The van der Waals surface area contributed by atoms with Gasteiger partial charge in [-0.05, 0) is 62.6 Å². The summed E-state index contributed by atoms with van der Waals surface area (Å²) in [5.74, 6) is 2.32. The fourth-order valence-electron chi connectivity index (χ4n) is 9.04. The highest BCUT2D eigenvalue weighted by molar-refractivity contribution is 5.99. The van der Waals surface area contributed by atoms with Gasteiger partial charge < -0.3 is 24.6 Å². The number of piperidine rings is 1. The maximum Gasteiger partial charge on any atom is 0.256 e. The van der Waals surface area contributed by atoms with Crippen molar-refractivity contribution in [1.82, 2.24) is 9.80 Å². The second-order valence-corrected chi connectivity index (χ2v) is 12.8. The lowest BCUT2D eigenvalue weighted by Crippen LogP contribution is -2.92. The second kappa shape index (κ2) is 8.21. The normalized spacial score (nSPS) is 37.6. The lowest BCUT2D eigenvalue weighted by Gasteiger charge is -2.78. The van der Waals surface area contributed by atoms with E-state index in [1.165, 1.54) is 12.8 Å². The number of aliphatic hydroxyl groups is 2. The van der Waals surface area contributed by atoms with Crippen LogP contribution in [0.1, 0.15) is 78.7 Å². The SMILES string of the molecule is CCCCOc1ccc(C)c2c1O[C@H]1[C@H](N3C(=O)c4ccccc4C3O)CC[C@@]3(O)[C@H]4C(CN4CC4CC4)[C@]213. The van der Waals surface area contributed by atoms with Crippen LogP contribution in [0.25, 0.3) is 0 Å². The van der Waals surface area contributed by atoms with Gasteiger partial charge in [0.15, 0.2) is 17.7 Å². The van der Waals surface area contributed by atoms with Crippen LogP contribution in [-0.2, 0) is 5.41 Å². The molecule has 7 nitrogen and oxygen atoms in total. The lowest BCUT2D eigenvalue weighted by atomic mass is 9.35. The molecule has 0 radical (unpaired) electrons. The Kier molecular flexibility index (Phi) is 5.10. The Morgan fingerprint density at radius 1 is 1.15 bits per heavy atom. The molecule has 0 bridgehead atoms. The smallest absolute Gasteiger partial charge is 0.256 e. The molecular formula is C32H38N2O5. The van der Waals surface area contributed by atoms with Gasteiger partial charge in [-0.3, -0.25) is 9.69 Å². The Balaban J connectivity index is 1.23. The average Bonchev–Trinajstić information content (AvgIpc) is 3.60. The van der Waals surface area contributed by atoms with Crippen molar-refractivity contribution in [2.24, 2.45) is 11.8 Å². The summed E-state index contributed by atoms with van der Waals surface area (Å²) in [6, 6.07) is 11.2. The number of likely N-dealkylation sites (tertiary alicyclic amines) is 1. The van der Waals surface area contributed by atoms with Crippen LogP contribution < -0.4 is 9.47 Å². The summed E-state index contributed by atoms with van der Waals surface area (Å²) >= 11 is 0. The first-order valence-corrected chi connectivity index (χ1v) is 14.9. The first kappa shape index (κ1) is 24.2. The molecule has 3 saturated carbocycles. The average molecular weight is 531 g/mol. The zero-order valence-corrected chi connectivity index (χ0v) is 22.8. The highest BCUT2D eigenvalue weighted by Crippen LogP contribution is 2.74. The highest BCUT2D eigenvalue weighted by Gasteiger charge is 2.85. The third-order valence-corrected chi connectivity index (χ3v) is 10.9. The molecule has 8 rings (SSSR count). The van der Waals surface area contributed by atoms with Gasteiger partial charge in [-0.15, -0.1) is 0 Å². The van der Waals surface area contributed by atoms with Crippen molar-refractivity contribution in [2.45, 2.75) is 87.8 Å². The third kappa shape index (κ3) is 2.91. The van der Waals surface area contributed by atoms with Gasteiger partial charge in [0.1, 0.15) is 6.10 Å². The monoisotopic (exact) mass is 530 g/mol. The molecular weight excluding hydrogens is 492 g/mol. The number of nitrogens with zero attached hydrogens (tertiary/aromatic N) is 2. The number of carbonyl (C=O) groups is 1. The number of carbonyl (C=O) groups excluding carboxylic acids is 1. The maximum atomic E-state index is 13.7. The molecule has 3 aliphatic carbocycles. The summed E-state index contributed by atoms with van der Waals surface area (Å²) in [6.07, 6.45) is 4.28. The molecule has 7 atom stereocenters. The van der Waals surface area contributed by atoms with Gasteiger partial charge >= 0.3 is 0 Å². The number of benzene rings is 2. The van der Waals surface area contributed by atoms with E-state index in [4.69, 9.17) is 9.47 Å². The van der Waals surface area contributed by atoms with Gasteiger partial charge in [-0.1, -0.05) is 37.6 Å². The van der Waals surface area contributed by atoms with E-state index in [0.717, 1.165) is 54.5 Å². The molecule has 3 heterocycles. The Morgan fingerprint density at radius 2 is 1.97 bits per heavy atom. The van der Waals surface area contributed by atoms with E-state index in [0.29, 0.717) is 30.6 Å². The fourth-order valence-corrected chi connectivity index (χ4v) is 9.04. The van der Waals surface area contributed by atoms with E-state index >= 15 is 0 Å². The van der Waals surface area contributed by atoms with E-state index < -0.39 is 23.3 Å². The second-order valence-electron chi connectivity index (χ2n) is 12.8. The number of ether oxygens (including phenoxy) is 2. The number of aliphatic hydroxyl groups excluding tert-OH is 1. The standard InChI is InChI=1S/C32H38N2O5/c1-3-4-15-38-24-12-9-18(2)25-26(24)39-28-23(34-29(35)20-7-5-6-8-21(20)30(34)36)13-14-31(37)27-22(32(25,28)31)17-33(27)16-19-10-11-19/h5-9,12,19,22-23,27-29,35,37H,3-4,10-11,13-17H2,1-2H3/t22?,23-,27-,28+,29?,31-,32+/m1/s1. The zero-order valence-electron chi connectivity index (χ0n) is 22.8. The fraction of sp³-hybridized carbons (Fsp3) is 0.594. The topological polar surface area (TPSA) is 82.5 Å². The van der Waals surface area contributed by atoms with Crippen molar-refractivity contribution in [3.8, 4) is 11.5 Å². The molecule has 0 aromatic heterocycles. The molecule has 3 aliphatic heterocycles. The molecule has 4 fully saturated rings. The third-order valence-electron chi connectivity index (χ3n) is 10.9. The van der Waals surface area contributed by atoms with Crippen LogP contribution in [-0.4, -0.2) is 69.4 Å². The Morgan fingerprint density at radius 3 is 2.74 bits per heavy atom. The molecule has 1 saturated heterocycles. The first-order valence-electron chi connectivity index (χ1n) is 14.9. The van der Waals surface area contributed by atoms with E-state index in [1.54, 1.807) is 11.0 Å². The molecule has 2 aromatic carbocycles. The molecule has 2 aromatic rings. The van der Waals surface area contributed by atoms with Crippen LogP contribution in [0.5, 0.6) is 11.5 Å². The molecule has 6 aliphatic rings. The van der Waals surface area contributed by atoms with Crippen LogP contribution >= 0.6 is 0 Å². The number of unbranched alkanes of at least 4 members (excludes halogenated alkanes) is 1. The highest BCUT2D eigenvalue weighted by atomic mass is 16.5.